The van der Waals surface area contributed by atoms with Crippen LogP contribution >= 0.6 is 0 Å². The van der Waals surface area contributed by atoms with Crippen LogP contribution < -0.4 is 0 Å². The van der Waals surface area contributed by atoms with Crippen molar-refractivity contribution < 1.29 is 18.0 Å². The fourth-order valence-corrected chi connectivity index (χ4v) is 1.68. The number of carbonyl (C=O) groups excluding carboxylic acids is 1. The molecule has 1 fully saturated rings. The molecule has 0 aliphatic heterocycles. The highest BCUT2D eigenvalue weighted by Crippen LogP contribution is 2.34. The Morgan fingerprint density at radius 1 is 1.19 bits per heavy atom. The predicted molar refractivity (Wildman–Crippen MR) is 52.6 cm³/mol. The average molecular weight is 228 g/mol. The maximum atomic E-state index is 13.2. The molecule has 0 spiro atoms. The predicted octanol–water partition coefficient (Wildman–Crippen LogP) is 3.48. The van der Waals surface area contributed by atoms with Crippen molar-refractivity contribution in [2.45, 2.75) is 25.7 Å². The minimum Gasteiger partial charge on any atom is -0.294 e. The van der Waals surface area contributed by atoms with Gasteiger partial charge in [0.15, 0.2) is 5.78 Å². The zero-order valence-electron chi connectivity index (χ0n) is 8.60. The Hall–Kier alpha value is -1.32. The van der Waals surface area contributed by atoms with Gasteiger partial charge in [0.05, 0.1) is 5.56 Å². The second kappa shape index (κ2) is 4.28. The Bertz CT molecular complexity index is 401. The van der Waals surface area contributed by atoms with E-state index in [1.165, 1.54) is 0 Å². The molecule has 86 valence electrons. The number of carbonyl (C=O) groups is 1. The molecule has 0 radical (unpaired) electrons. The minimum atomic E-state index is -1.11. The van der Waals surface area contributed by atoms with Gasteiger partial charge in [-0.25, -0.2) is 13.2 Å². The van der Waals surface area contributed by atoms with E-state index in [0.29, 0.717) is 24.5 Å². The molecule has 1 aromatic rings. The summed E-state index contributed by atoms with van der Waals surface area (Å²) in [6, 6.07) is 1.07. The summed E-state index contributed by atoms with van der Waals surface area (Å²) < 4.78 is 39.0. The maximum absolute atomic E-state index is 13.2. The number of hydrogen-bond donors (Lipinski definition) is 0. The third kappa shape index (κ3) is 2.43. The van der Waals surface area contributed by atoms with Crippen LogP contribution in [0.5, 0.6) is 0 Å². The van der Waals surface area contributed by atoms with E-state index in [2.05, 4.69) is 0 Å². The number of Topliss-reactive ketones (excluding diaryl/α,β-unsaturated/α-hetero) is 1. The second-order valence-corrected chi connectivity index (χ2v) is 4.15. The van der Waals surface area contributed by atoms with Gasteiger partial charge in [0, 0.05) is 18.6 Å². The van der Waals surface area contributed by atoms with Crippen LogP contribution in [-0.4, -0.2) is 5.78 Å². The lowest BCUT2D eigenvalue weighted by atomic mass is 10.0. The van der Waals surface area contributed by atoms with Gasteiger partial charge in [0.1, 0.15) is 17.5 Å². The summed E-state index contributed by atoms with van der Waals surface area (Å²) in [5, 5.41) is 0. The number of hydrogen-bond acceptors (Lipinski definition) is 1. The zero-order chi connectivity index (χ0) is 11.7. The van der Waals surface area contributed by atoms with Crippen LogP contribution in [0, 0.1) is 23.4 Å². The molecule has 0 saturated heterocycles. The molecule has 0 unspecified atom stereocenters. The first-order valence-corrected chi connectivity index (χ1v) is 5.25. The Balaban J connectivity index is 2.14. The molecule has 1 aromatic carbocycles. The number of ketones is 1. The number of halogens is 3. The van der Waals surface area contributed by atoms with E-state index in [-0.39, 0.29) is 6.42 Å². The molecule has 0 atom stereocenters. The molecule has 0 amide bonds. The van der Waals surface area contributed by atoms with Crippen LogP contribution in [0.2, 0.25) is 0 Å². The van der Waals surface area contributed by atoms with Gasteiger partial charge < -0.3 is 0 Å². The third-order valence-corrected chi connectivity index (χ3v) is 2.76. The number of rotatable bonds is 4. The highest BCUT2D eigenvalue weighted by atomic mass is 19.1. The van der Waals surface area contributed by atoms with Crippen LogP contribution in [0.25, 0.3) is 0 Å². The maximum Gasteiger partial charge on any atom is 0.168 e. The molecular weight excluding hydrogens is 217 g/mol. The highest BCUT2D eigenvalue weighted by molar-refractivity contribution is 5.96. The van der Waals surface area contributed by atoms with Gasteiger partial charge in [-0.3, -0.25) is 4.79 Å². The Labute approximate surface area is 91.3 Å². The molecule has 1 saturated carbocycles. The van der Waals surface area contributed by atoms with Crippen LogP contribution in [0.15, 0.2) is 12.1 Å². The standard InChI is InChI=1S/C12H11F3O/c13-8-5-9(14)12(10(15)6-8)11(16)4-3-7-1-2-7/h5-7H,1-4H2. The van der Waals surface area contributed by atoms with Crippen molar-refractivity contribution >= 4 is 5.78 Å². The second-order valence-electron chi connectivity index (χ2n) is 4.15. The van der Waals surface area contributed by atoms with Crippen molar-refractivity contribution in [3.05, 3.63) is 35.1 Å². The van der Waals surface area contributed by atoms with E-state index in [1.807, 2.05) is 0 Å². The van der Waals surface area contributed by atoms with Gasteiger partial charge in [-0.1, -0.05) is 12.8 Å². The summed E-state index contributed by atoms with van der Waals surface area (Å²) in [4.78, 5) is 11.5. The van der Waals surface area contributed by atoms with Gasteiger partial charge in [-0.15, -0.1) is 0 Å². The molecule has 1 aliphatic carbocycles. The van der Waals surface area contributed by atoms with Gasteiger partial charge in [0.25, 0.3) is 0 Å². The Morgan fingerprint density at radius 2 is 1.75 bits per heavy atom. The lowest BCUT2D eigenvalue weighted by Gasteiger charge is -2.04. The first-order chi connectivity index (χ1) is 7.58. The summed E-state index contributed by atoms with van der Waals surface area (Å²) in [6.07, 6.45) is 2.96. The molecule has 1 nitrogen and oxygen atoms in total. The largest absolute Gasteiger partial charge is 0.294 e. The SMILES string of the molecule is O=C(CCC1CC1)c1c(F)cc(F)cc1F. The molecule has 1 aliphatic rings. The molecule has 16 heavy (non-hydrogen) atoms. The van der Waals surface area contributed by atoms with E-state index in [4.69, 9.17) is 0 Å². The lowest BCUT2D eigenvalue weighted by Crippen LogP contribution is -2.07. The van der Waals surface area contributed by atoms with Crippen molar-refractivity contribution in [1.29, 1.82) is 0 Å². The molecule has 0 N–H and O–H groups in total. The van der Waals surface area contributed by atoms with Crippen molar-refractivity contribution in [2.24, 2.45) is 5.92 Å². The smallest absolute Gasteiger partial charge is 0.168 e. The van der Waals surface area contributed by atoms with E-state index in [0.717, 1.165) is 12.8 Å². The average Bonchev–Trinajstić information content (AvgIpc) is 2.96. The quantitative estimate of drug-likeness (QED) is 0.721. The van der Waals surface area contributed by atoms with Gasteiger partial charge in [-0.2, -0.15) is 0 Å². The monoisotopic (exact) mass is 228 g/mol. The van der Waals surface area contributed by atoms with Crippen molar-refractivity contribution in [1.82, 2.24) is 0 Å². The van der Waals surface area contributed by atoms with Crippen LogP contribution in [0.1, 0.15) is 36.0 Å². The van der Waals surface area contributed by atoms with E-state index in [9.17, 15) is 18.0 Å². The fraction of sp³-hybridized carbons (Fsp3) is 0.417. The zero-order valence-corrected chi connectivity index (χ0v) is 8.60. The van der Waals surface area contributed by atoms with Crippen LogP contribution in [0.3, 0.4) is 0 Å². The molecule has 4 heteroatoms. The lowest BCUT2D eigenvalue weighted by molar-refractivity contribution is 0.0969. The highest BCUT2D eigenvalue weighted by Gasteiger charge is 2.24. The summed E-state index contributed by atoms with van der Waals surface area (Å²) in [5.74, 6) is -3.29. The topological polar surface area (TPSA) is 17.1 Å². The van der Waals surface area contributed by atoms with Crippen LogP contribution in [-0.2, 0) is 0 Å². The molecule has 0 aromatic heterocycles. The van der Waals surface area contributed by atoms with Gasteiger partial charge in [0.2, 0.25) is 0 Å². The summed E-state index contributed by atoms with van der Waals surface area (Å²) in [5.41, 5.74) is -0.609. The normalized spacial score (nSPS) is 15.2. The van der Waals surface area contributed by atoms with E-state index < -0.39 is 28.8 Å². The Kier molecular flexibility index (Phi) is 2.99. The molecule has 2 rings (SSSR count). The first-order valence-electron chi connectivity index (χ1n) is 5.25. The summed E-state index contributed by atoms with van der Waals surface area (Å²) in [6.45, 7) is 0. The van der Waals surface area contributed by atoms with Crippen molar-refractivity contribution in [3.8, 4) is 0 Å². The van der Waals surface area contributed by atoms with E-state index in [1.54, 1.807) is 0 Å². The van der Waals surface area contributed by atoms with Crippen molar-refractivity contribution in [3.63, 3.8) is 0 Å². The van der Waals surface area contributed by atoms with Crippen molar-refractivity contribution in [2.75, 3.05) is 0 Å². The van der Waals surface area contributed by atoms with Gasteiger partial charge >= 0.3 is 0 Å². The Morgan fingerprint density at radius 3 is 2.25 bits per heavy atom. The first kappa shape index (κ1) is 11.2. The fourth-order valence-electron chi connectivity index (χ4n) is 1.68. The van der Waals surface area contributed by atoms with Crippen LogP contribution in [0.4, 0.5) is 13.2 Å². The number of benzene rings is 1. The molecular formula is C12H11F3O. The minimum absolute atomic E-state index is 0.129. The van der Waals surface area contributed by atoms with Gasteiger partial charge in [-0.05, 0) is 12.3 Å². The summed E-state index contributed by atoms with van der Waals surface area (Å²) in [7, 11) is 0. The third-order valence-electron chi connectivity index (χ3n) is 2.76. The van der Waals surface area contributed by atoms with E-state index >= 15 is 0 Å². The molecule has 0 bridgehead atoms. The molecule has 0 heterocycles. The summed E-state index contributed by atoms with van der Waals surface area (Å²) >= 11 is 0.